The summed E-state index contributed by atoms with van der Waals surface area (Å²) in [5, 5.41) is 3.13. The second kappa shape index (κ2) is 11.3. The van der Waals surface area contributed by atoms with Gasteiger partial charge in [-0.1, -0.05) is 60.3 Å². The number of hydrogen-bond acceptors (Lipinski definition) is 8. The van der Waals surface area contributed by atoms with E-state index < -0.39 is 12.6 Å². The van der Waals surface area contributed by atoms with Gasteiger partial charge in [-0.2, -0.15) is 0 Å². The van der Waals surface area contributed by atoms with Crippen molar-refractivity contribution < 1.29 is 28.3 Å². The zero-order valence-electron chi connectivity index (χ0n) is 22.0. The SMILES string of the molecule is COc1ccc(C(=O)OCC(=O)c2ccc3c(c2)Cc2ccccc2-3)cc1NC(=O)CSc1nc2ccccc2o1. The first-order valence-electron chi connectivity index (χ1n) is 12.9. The van der Waals surface area contributed by atoms with Crippen LogP contribution in [0.4, 0.5) is 5.69 Å². The highest BCUT2D eigenvalue weighted by Crippen LogP contribution is 2.36. The van der Waals surface area contributed by atoms with Crippen LogP contribution in [-0.2, 0) is 16.0 Å². The molecule has 0 fully saturated rings. The first-order valence-corrected chi connectivity index (χ1v) is 13.8. The van der Waals surface area contributed by atoms with Gasteiger partial charge in [0.05, 0.1) is 24.1 Å². The number of nitrogens with zero attached hydrogens (tertiary/aromatic N) is 1. The van der Waals surface area contributed by atoms with Crippen LogP contribution in [0.5, 0.6) is 5.75 Å². The topological polar surface area (TPSA) is 108 Å². The van der Waals surface area contributed by atoms with Crippen molar-refractivity contribution in [2.45, 2.75) is 11.6 Å². The number of Topliss-reactive ketones (excluding diaryl/α,β-unsaturated/α-hetero) is 1. The summed E-state index contributed by atoms with van der Waals surface area (Å²) in [5.41, 5.74) is 6.92. The largest absolute Gasteiger partial charge is 0.495 e. The third kappa shape index (κ3) is 5.57. The minimum atomic E-state index is -0.689. The fourth-order valence-electron chi connectivity index (χ4n) is 4.78. The number of fused-ring (bicyclic) bond motifs is 4. The molecule has 0 unspecified atom stereocenters. The van der Waals surface area contributed by atoms with Crippen LogP contribution in [-0.4, -0.2) is 42.1 Å². The lowest BCUT2D eigenvalue weighted by Crippen LogP contribution is -2.17. The monoisotopic (exact) mass is 564 g/mol. The van der Waals surface area contributed by atoms with Crippen molar-refractivity contribution in [3.05, 3.63) is 107 Å². The molecule has 0 bridgehead atoms. The number of carbonyl (C=O) groups is 3. The summed E-state index contributed by atoms with van der Waals surface area (Å²) >= 11 is 1.15. The van der Waals surface area contributed by atoms with Crippen LogP contribution in [0, 0.1) is 0 Å². The van der Waals surface area contributed by atoms with Crippen molar-refractivity contribution in [2.75, 3.05) is 24.8 Å². The van der Waals surface area contributed by atoms with Crippen LogP contribution in [0.2, 0.25) is 0 Å². The molecule has 0 atom stereocenters. The summed E-state index contributed by atoms with van der Waals surface area (Å²) in [6.45, 7) is -0.403. The molecule has 1 aliphatic carbocycles. The van der Waals surface area contributed by atoms with E-state index in [0.717, 1.165) is 29.3 Å². The molecule has 0 saturated heterocycles. The second-order valence-electron chi connectivity index (χ2n) is 9.40. The second-order valence-corrected chi connectivity index (χ2v) is 10.3. The molecule has 0 aliphatic heterocycles. The van der Waals surface area contributed by atoms with E-state index in [2.05, 4.69) is 22.4 Å². The molecule has 204 valence electrons. The Labute approximate surface area is 239 Å². The van der Waals surface area contributed by atoms with Gasteiger partial charge in [0.25, 0.3) is 5.22 Å². The number of ether oxygens (including phenoxy) is 2. The number of carbonyl (C=O) groups excluding carboxylic acids is 3. The van der Waals surface area contributed by atoms with Gasteiger partial charge in [0.1, 0.15) is 11.3 Å². The highest BCUT2D eigenvalue weighted by Gasteiger charge is 2.21. The molecule has 1 aromatic heterocycles. The number of ketones is 1. The number of methoxy groups -OCH3 is 1. The molecule has 8 nitrogen and oxygen atoms in total. The van der Waals surface area contributed by atoms with E-state index in [0.29, 0.717) is 33.3 Å². The number of anilines is 1. The van der Waals surface area contributed by atoms with Crippen molar-refractivity contribution >= 4 is 46.2 Å². The van der Waals surface area contributed by atoms with Crippen LogP contribution >= 0.6 is 11.8 Å². The molecule has 4 aromatic carbocycles. The Morgan fingerprint density at radius 1 is 0.902 bits per heavy atom. The maximum atomic E-state index is 12.8. The molecule has 0 saturated carbocycles. The number of para-hydroxylation sites is 2. The standard InChI is InChI=1S/C32H24N2O6S/c1-38-28-13-11-21(16-26(28)33-30(36)18-41-32-34-25-8-4-5-9-29(25)40-32)31(37)39-17-27(35)20-10-12-24-22(15-20)14-19-6-2-3-7-23(19)24/h2-13,15-16H,14,17-18H2,1H3,(H,33,36). The Hall–Kier alpha value is -4.89. The number of amides is 1. The molecule has 1 amide bonds. The fraction of sp³-hybridized carbons (Fsp3) is 0.125. The number of thioether (sulfide) groups is 1. The predicted octanol–water partition coefficient (Wildman–Crippen LogP) is 6.18. The van der Waals surface area contributed by atoms with E-state index in [4.69, 9.17) is 13.9 Å². The lowest BCUT2D eigenvalue weighted by molar-refractivity contribution is -0.113. The van der Waals surface area contributed by atoms with E-state index in [1.807, 2.05) is 42.5 Å². The van der Waals surface area contributed by atoms with Crippen molar-refractivity contribution in [3.8, 4) is 16.9 Å². The van der Waals surface area contributed by atoms with Gasteiger partial charge in [-0.25, -0.2) is 9.78 Å². The van der Waals surface area contributed by atoms with Crippen LogP contribution in [0.1, 0.15) is 31.8 Å². The number of oxazole rings is 1. The predicted molar refractivity (Wildman–Crippen MR) is 156 cm³/mol. The summed E-state index contributed by atoms with van der Waals surface area (Å²) in [4.78, 5) is 42.6. The molecule has 0 spiro atoms. The summed E-state index contributed by atoms with van der Waals surface area (Å²) in [7, 11) is 1.46. The van der Waals surface area contributed by atoms with Crippen molar-refractivity contribution in [1.29, 1.82) is 0 Å². The minimum absolute atomic E-state index is 0.0327. The van der Waals surface area contributed by atoms with Gasteiger partial charge in [-0.15, -0.1) is 0 Å². The quantitative estimate of drug-likeness (QED) is 0.126. The highest BCUT2D eigenvalue weighted by atomic mass is 32.2. The third-order valence-electron chi connectivity index (χ3n) is 6.76. The van der Waals surface area contributed by atoms with E-state index in [-0.39, 0.29) is 23.0 Å². The van der Waals surface area contributed by atoms with Crippen LogP contribution in [0.25, 0.3) is 22.2 Å². The normalized spacial score (nSPS) is 11.5. The summed E-state index contributed by atoms with van der Waals surface area (Å²) in [5.74, 6) is -0.918. The molecule has 9 heteroatoms. The third-order valence-corrected chi connectivity index (χ3v) is 7.59. The van der Waals surface area contributed by atoms with Gasteiger partial charge < -0.3 is 19.2 Å². The van der Waals surface area contributed by atoms with Crippen molar-refractivity contribution in [3.63, 3.8) is 0 Å². The molecule has 41 heavy (non-hydrogen) atoms. The molecule has 1 heterocycles. The maximum absolute atomic E-state index is 12.8. The van der Waals surface area contributed by atoms with Crippen LogP contribution in [0.15, 0.2) is 94.6 Å². The van der Waals surface area contributed by atoms with Gasteiger partial charge in [0, 0.05) is 5.56 Å². The van der Waals surface area contributed by atoms with E-state index in [1.165, 1.54) is 30.4 Å². The Kier molecular flexibility index (Phi) is 7.26. The van der Waals surface area contributed by atoms with Gasteiger partial charge in [0.15, 0.2) is 18.0 Å². The zero-order chi connectivity index (χ0) is 28.3. The number of aromatic nitrogens is 1. The fourth-order valence-corrected chi connectivity index (χ4v) is 5.41. The lowest BCUT2D eigenvalue weighted by atomic mass is 10.0. The number of rotatable bonds is 9. The molecule has 6 rings (SSSR count). The average molecular weight is 565 g/mol. The zero-order valence-corrected chi connectivity index (χ0v) is 22.8. The van der Waals surface area contributed by atoms with E-state index in [1.54, 1.807) is 18.2 Å². The maximum Gasteiger partial charge on any atom is 0.338 e. The number of nitrogens with one attached hydrogen (secondary N) is 1. The summed E-state index contributed by atoms with van der Waals surface area (Å²) < 4.78 is 16.3. The van der Waals surface area contributed by atoms with Gasteiger partial charge in [-0.3, -0.25) is 9.59 Å². The number of hydrogen-bond donors (Lipinski definition) is 1. The Balaban J connectivity index is 1.07. The number of esters is 1. The Morgan fingerprint density at radius 3 is 2.54 bits per heavy atom. The molecule has 1 aliphatic rings. The van der Waals surface area contributed by atoms with Gasteiger partial charge in [0.2, 0.25) is 5.91 Å². The summed E-state index contributed by atoms with van der Waals surface area (Å²) in [6.07, 6.45) is 0.764. The molecule has 5 aromatic rings. The molecule has 0 radical (unpaired) electrons. The average Bonchev–Trinajstić information content (AvgIpc) is 3.59. The molecular weight excluding hydrogens is 540 g/mol. The van der Waals surface area contributed by atoms with Gasteiger partial charge >= 0.3 is 5.97 Å². The first-order chi connectivity index (χ1) is 20.0. The van der Waals surface area contributed by atoms with Crippen LogP contribution < -0.4 is 10.1 Å². The first kappa shape index (κ1) is 26.3. The molecular formula is C32H24N2O6S. The van der Waals surface area contributed by atoms with Crippen molar-refractivity contribution in [2.24, 2.45) is 0 Å². The van der Waals surface area contributed by atoms with Crippen molar-refractivity contribution in [1.82, 2.24) is 4.98 Å². The smallest absolute Gasteiger partial charge is 0.338 e. The lowest BCUT2D eigenvalue weighted by Gasteiger charge is -2.12. The van der Waals surface area contributed by atoms with E-state index >= 15 is 0 Å². The van der Waals surface area contributed by atoms with Crippen LogP contribution in [0.3, 0.4) is 0 Å². The minimum Gasteiger partial charge on any atom is -0.495 e. The number of benzene rings is 4. The van der Waals surface area contributed by atoms with Gasteiger partial charge in [-0.05, 0) is 65.1 Å². The Morgan fingerprint density at radius 2 is 1.68 bits per heavy atom. The summed E-state index contributed by atoms with van der Waals surface area (Å²) in [6, 6.07) is 25.6. The highest BCUT2D eigenvalue weighted by molar-refractivity contribution is 7.99. The molecule has 1 N–H and O–H groups in total. The Bertz CT molecular complexity index is 1780. The van der Waals surface area contributed by atoms with E-state index in [9.17, 15) is 14.4 Å².